The van der Waals surface area contributed by atoms with Gasteiger partial charge in [-0.25, -0.2) is 0 Å². The van der Waals surface area contributed by atoms with Crippen LogP contribution in [0.5, 0.6) is 0 Å². The van der Waals surface area contributed by atoms with Gasteiger partial charge in [0.15, 0.2) is 0 Å². The highest BCUT2D eigenvalue weighted by molar-refractivity contribution is 7.48. The maximum absolute atomic E-state index is 10.1. The maximum atomic E-state index is 10.1. The van der Waals surface area contributed by atoms with Crippen molar-refractivity contribution in [3.63, 3.8) is 0 Å². The van der Waals surface area contributed by atoms with Crippen LogP contribution in [0.3, 0.4) is 0 Å². The third kappa shape index (κ3) is 3.09. The number of rotatable bonds is 2. The van der Waals surface area contributed by atoms with Crippen LogP contribution in [0.25, 0.3) is 0 Å². The van der Waals surface area contributed by atoms with Gasteiger partial charge >= 0.3 is 0 Å². The number of aliphatic hydroxyl groups is 1. The van der Waals surface area contributed by atoms with Gasteiger partial charge in [-0.2, -0.15) is 0 Å². The van der Waals surface area contributed by atoms with Crippen LogP contribution in [0.2, 0.25) is 0 Å². The molecule has 0 spiro atoms. The molecule has 1 nitrogen and oxygen atoms in total. The SMILES string of the molecule is Cc1cc(C)c(P[C@@H]2CCCC[C@H]2O)c(C)c1. The number of aliphatic hydroxyl groups excluding tert-OH is 1. The highest BCUT2D eigenvalue weighted by Crippen LogP contribution is 2.34. The summed E-state index contributed by atoms with van der Waals surface area (Å²) in [4.78, 5) is 0. The first kappa shape index (κ1) is 13.1. The normalized spacial score (nSPS) is 25.6. The van der Waals surface area contributed by atoms with E-state index in [4.69, 9.17) is 0 Å². The zero-order valence-corrected chi connectivity index (χ0v) is 12.1. The van der Waals surface area contributed by atoms with Gasteiger partial charge in [0, 0.05) is 5.66 Å². The molecule has 0 heterocycles. The van der Waals surface area contributed by atoms with E-state index < -0.39 is 0 Å². The van der Waals surface area contributed by atoms with Crippen molar-refractivity contribution in [3.05, 3.63) is 28.8 Å². The third-order valence-corrected chi connectivity index (χ3v) is 5.86. The van der Waals surface area contributed by atoms with Crippen LogP contribution in [-0.4, -0.2) is 16.9 Å². The Morgan fingerprint density at radius 2 is 1.65 bits per heavy atom. The van der Waals surface area contributed by atoms with E-state index in [-0.39, 0.29) is 6.10 Å². The summed E-state index contributed by atoms with van der Waals surface area (Å²) in [5, 5.41) is 11.6. The Morgan fingerprint density at radius 3 is 2.24 bits per heavy atom. The van der Waals surface area contributed by atoms with Crippen LogP contribution >= 0.6 is 8.58 Å². The molecule has 3 atom stereocenters. The molecule has 0 aromatic heterocycles. The molecule has 0 saturated heterocycles. The molecule has 1 unspecified atom stereocenters. The van der Waals surface area contributed by atoms with Gasteiger partial charge in [0.05, 0.1) is 6.10 Å². The molecular formula is C15H23OP. The average molecular weight is 250 g/mol. The Kier molecular flexibility index (Phi) is 4.22. The highest BCUT2D eigenvalue weighted by atomic mass is 31.1. The van der Waals surface area contributed by atoms with Gasteiger partial charge in [0.25, 0.3) is 0 Å². The minimum atomic E-state index is -0.0674. The predicted molar refractivity (Wildman–Crippen MR) is 76.9 cm³/mol. The molecule has 0 aliphatic heterocycles. The minimum absolute atomic E-state index is 0.0674. The fraction of sp³-hybridized carbons (Fsp3) is 0.600. The summed E-state index contributed by atoms with van der Waals surface area (Å²) in [7, 11) is 0.778. The molecule has 94 valence electrons. The summed E-state index contributed by atoms with van der Waals surface area (Å²) in [6.45, 7) is 6.57. The first-order valence-electron chi connectivity index (χ1n) is 6.60. The predicted octanol–water partition coefficient (Wildman–Crippen LogP) is 3.22. The van der Waals surface area contributed by atoms with E-state index in [0.29, 0.717) is 5.66 Å². The number of hydrogen-bond acceptors (Lipinski definition) is 1. The van der Waals surface area contributed by atoms with Crippen molar-refractivity contribution in [1.82, 2.24) is 0 Å². The molecule has 1 aromatic rings. The Balaban J connectivity index is 2.17. The molecule has 0 bridgehead atoms. The quantitative estimate of drug-likeness (QED) is 0.799. The lowest BCUT2D eigenvalue weighted by molar-refractivity contribution is 0.136. The lowest BCUT2D eigenvalue weighted by Gasteiger charge is -2.28. The van der Waals surface area contributed by atoms with E-state index in [1.807, 2.05) is 0 Å². The molecule has 0 amide bonds. The van der Waals surface area contributed by atoms with Crippen molar-refractivity contribution in [1.29, 1.82) is 0 Å². The maximum Gasteiger partial charge on any atom is 0.0608 e. The molecule has 1 aromatic carbocycles. The fourth-order valence-electron chi connectivity index (χ4n) is 2.87. The zero-order chi connectivity index (χ0) is 12.4. The van der Waals surface area contributed by atoms with Gasteiger partial charge in [-0.3, -0.25) is 0 Å². The van der Waals surface area contributed by atoms with Crippen molar-refractivity contribution in [2.24, 2.45) is 0 Å². The van der Waals surface area contributed by atoms with Gasteiger partial charge in [0.2, 0.25) is 0 Å². The van der Waals surface area contributed by atoms with Crippen LogP contribution in [0.15, 0.2) is 12.1 Å². The van der Waals surface area contributed by atoms with Crippen LogP contribution in [0.4, 0.5) is 0 Å². The standard InChI is InChI=1S/C15H23OP/c1-10-8-11(2)15(12(3)9-10)17-14-7-5-4-6-13(14)16/h8-9,13-14,16-17H,4-7H2,1-3H3/t13-,14-/m1/s1. The Hall–Kier alpha value is -0.390. The van der Waals surface area contributed by atoms with Gasteiger partial charge in [0.1, 0.15) is 0 Å². The molecule has 1 aliphatic carbocycles. The van der Waals surface area contributed by atoms with Gasteiger partial charge in [-0.1, -0.05) is 39.1 Å². The second-order valence-corrected chi connectivity index (χ2v) is 6.91. The molecule has 1 saturated carbocycles. The smallest absolute Gasteiger partial charge is 0.0608 e. The van der Waals surface area contributed by atoms with Gasteiger partial charge < -0.3 is 5.11 Å². The van der Waals surface area contributed by atoms with E-state index in [0.717, 1.165) is 15.0 Å². The van der Waals surface area contributed by atoms with E-state index in [2.05, 4.69) is 32.9 Å². The molecule has 0 radical (unpaired) electrons. The minimum Gasteiger partial charge on any atom is -0.392 e. The summed E-state index contributed by atoms with van der Waals surface area (Å²) in [6.07, 6.45) is 4.63. The Bertz CT molecular complexity index is 377. The van der Waals surface area contributed by atoms with Crippen molar-refractivity contribution in [2.75, 3.05) is 0 Å². The average Bonchev–Trinajstić information content (AvgIpc) is 2.25. The second kappa shape index (κ2) is 5.50. The number of hydrogen-bond donors (Lipinski definition) is 1. The van der Waals surface area contributed by atoms with Crippen LogP contribution in [0, 0.1) is 20.8 Å². The van der Waals surface area contributed by atoms with Crippen molar-refractivity contribution in [3.8, 4) is 0 Å². The van der Waals surface area contributed by atoms with E-state index in [1.54, 1.807) is 0 Å². The summed E-state index contributed by atoms with van der Waals surface area (Å²) >= 11 is 0. The Morgan fingerprint density at radius 1 is 1.06 bits per heavy atom. The molecule has 2 rings (SSSR count). The first-order chi connectivity index (χ1) is 8.08. The van der Waals surface area contributed by atoms with E-state index >= 15 is 0 Å². The van der Waals surface area contributed by atoms with Gasteiger partial charge in [-0.05, 0) is 50.0 Å². The summed E-state index contributed by atoms with van der Waals surface area (Å²) in [5.74, 6) is 0. The highest BCUT2D eigenvalue weighted by Gasteiger charge is 2.24. The van der Waals surface area contributed by atoms with Crippen LogP contribution < -0.4 is 5.30 Å². The first-order valence-corrected chi connectivity index (χ1v) is 7.68. The summed E-state index contributed by atoms with van der Waals surface area (Å²) in [5.41, 5.74) is 4.65. The monoisotopic (exact) mass is 250 g/mol. The fourth-order valence-corrected chi connectivity index (χ4v) is 4.55. The van der Waals surface area contributed by atoms with E-state index in [9.17, 15) is 5.11 Å². The Labute approximate surface area is 106 Å². The topological polar surface area (TPSA) is 20.2 Å². The molecular weight excluding hydrogens is 227 g/mol. The van der Waals surface area contributed by atoms with Crippen molar-refractivity contribution >= 4 is 13.9 Å². The van der Waals surface area contributed by atoms with Crippen LogP contribution in [0.1, 0.15) is 42.4 Å². The lowest BCUT2D eigenvalue weighted by atomic mass is 9.97. The number of benzene rings is 1. The zero-order valence-electron chi connectivity index (χ0n) is 11.1. The van der Waals surface area contributed by atoms with E-state index in [1.165, 1.54) is 41.3 Å². The molecule has 2 heteroatoms. The molecule has 1 fully saturated rings. The second-order valence-electron chi connectivity index (χ2n) is 5.38. The van der Waals surface area contributed by atoms with Crippen molar-refractivity contribution < 1.29 is 5.11 Å². The largest absolute Gasteiger partial charge is 0.392 e. The third-order valence-electron chi connectivity index (χ3n) is 3.74. The number of aryl methyl sites for hydroxylation is 3. The summed E-state index contributed by atoms with van der Waals surface area (Å²) < 4.78 is 0. The lowest BCUT2D eigenvalue weighted by Crippen LogP contribution is -2.28. The molecule has 1 aliphatic rings. The van der Waals surface area contributed by atoms with Crippen LogP contribution in [-0.2, 0) is 0 Å². The van der Waals surface area contributed by atoms with Gasteiger partial charge in [-0.15, -0.1) is 0 Å². The van der Waals surface area contributed by atoms with Crippen molar-refractivity contribution in [2.45, 2.75) is 58.2 Å². The summed E-state index contributed by atoms with van der Waals surface area (Å²) in [6, 6.07) is 4.54. The molecule has 1 N–H and O–H groups in total. The molecule has 17 heavy (non-hydrogen) atoms.